The van der Waals surface area contributed by atoms with Crippen molar-refractivity contribution in [2.45, 2.75) is 31.6 Å². The third kappa shape index (κ3) is 4.51. The van der Waals surface area contributed by atoms with Crippen LogP contribution in [0.25, 0.3) is 10.9 Å². The third-order valence-electron chi connectivity index (χ3n) is 4.27. The van der Waals surface area contributed by atoms with Gasteiger partial charge < -0.3 is 5.32 Å². The van der Waals surface area contributed by atoms with Crippen molar-refractivity contribution in [3.8, 4) is 0 Å². The molecule has 1 heterocycles. The van der Waals surface area contributed by atoms with E-state index in [0.717, 1.165) is 28.2 Å². The fraction of sp³-hybridized carbons (Fsp3) is 0.238. The SMILES string of the molecule is C[Si](C)(C)CC(C(=O)Nc1cccc2cccnc12)c1cccc(Cl)c1. The van der Waals surface area contributed by atoms with E-state index in [9.17, 15) is 4.79 Å². The lowest BCUT2D eigenvalue weighted by Crippen LogP contribution is -2.30. The summed E-state index contributed by atoms with van der Waals surface area (Å²) in [7, 11) is -1.47. The van der Waals surface area contributed by atoms with E-state index in [4.69, 9.17) is 11.6 Å². The van der Waals surface area contributed by atoms with Crippen LogP contribution in [0.3, 0.4) is 0 Å². The van der Waals surface area contributed by atoms with Crippen molar-refractivity contribution in [3.63, 3.8) is 0 Å². The molecule has 1 unspecified atom stereocenters. The molecule has 0 radical (unpaired) electrons. The third-order valence-corrected chi connectivity index (χ3v) is 6.14. The number of hydrogen-bond acceptors (Lipinski definition) is 2. The molecule has 3 rings (SSSR count). The molecular weight excluding hydrogens is 360 g/mol. The molecule has 134 valence electrons. The predicted octanol–water partition coefficient (Wildman–Crippen LogP) is 5.95. The van der Waals surface area contributed by atoms with E-state index < -0.39 is 8.07 Å². The Morgan fingerprint density at radius 3 is 2.58 bits per heavy atom. The van der Waals surface area contributed by atoms with Gasteiger partial charge in [0.05, 0.1) is 17.1 Å². The lowest BCUT2D eigenvalue weighted by atomic mass is 10.00. The zero-order chi connectivity index (χ0) is 18.7. The van der Waals surface area contributed by atoms with Gasteiger partial charge in [-0.2, -0.15) is 0 Å². The number of para-hydroxylation sites is 1. The van der Waals surface area contributed by atoms with Crippen LogP contribution in [0.2, 0.25) is 30.7 Å². The summed E-state index contributed by atoms with van der Waals surface area (Å²) in [6.07, 6.45) is 1.74. The second kappa shape index (κ2) is 7.60. The summed E-state index contributed by atoms with van der Waals surface area (Å²) in [4.78, 5) is 17.6. The molecule has 0 saturated heterocycles. The van der Waals surface area contributed by atoms with Crippen LogP contribution in [0, 0.1) is 0 Å². The van der Waals surface area contributed by atoms with E-state index in [1.54, 1.807) is 6.20 Å². The Balaban J connectivity index is 1.94. The highest BCUT2D eigenvalue weighted by atomic mass is 35.5. The summed E-state index contributed by atoms with van der Waals surface area (Å²) >= 11 is 6.17. The van der Waals surface area contributed by atoms with Crippen LogP contribution in [0.1, 0.15) is 11.5 Å². The van der Waals surface area contributed by atoms with Gasteiger partial charge in [0.15, 0.2) is 0 Å². The Kier molecular flexibility index (Phi) is 5.44. The molecule has 1 amide bonds. The number of benzene rings is 2. The maximum absolute atomic E-state index is 13.2. The first-order valence-corrected chi connectivity index (χ1v) is 12.8. The first-order chi connectivity index (χ1) is 12.3. The first-order valence-electron chi connectivity index (χ1n) is 8.73. The lowest BCUT2D eigenvalue weighted by molar-refractivity contribution is -0.117. The van der Waals surface area contributed by atoms with Crippen molar-refractivity contribution in [2.75, 3.05) is 5.32 Å². The van der Waals surface area contributed by atoms with Crippen LogP contribution in [0.5, 0.6) is 0 Å². The summed E-state index contributed by atoms with van der Waals surface area (Å²) in [5.74, 6) is -0.229. The molecule has 1 aromatic heterocycles. The Morgan fingerprint density at radius 2 is 1.85 bits per heavy atom. The number of carbonyl (C=O) groups is 1. The van der Waals surface area contributed by atoms with Gasteiger partial charge in [-0.05, 0) is 35.9 Å². The van der Waals surface area contributed by atoms with E-state index in [1.165, 1.54) is 0 Å². The molecule has 2 aromatic carbocycles. The van der Waals surface area contributed by atoms with Crippen molar-refractivity contribution < 1.29 is 4.79 Å². The van der Waals surface area contributed by atoms with E-state index in [-0.39, 0.29) is 11.8 Å². The standard InChI is InChI=1S/C21H23ClN2OSi/c1-26(2,3)14-18(16-8-4-10-17(22)13-16)21(25)24-19-11-5-7-15-9-6-12-23-20(15)19/h4-13,18H,14H2,1-3H3,(H,24,25). The molecule has 26 heavy (non-hydrogen) atoms. The first kappa shape index (κ1) is 18.6. The number of aromatic nitrogens is 1. The number of nitrogens with one attached hydrogen (secondary N) is 1. The number of nitrogens with zero attached hydrogens (tertiary/aromatic N) is 1. The fourth-order valence-electron chi connectivity index (χ4n) is 3.12. The van der Waals surface area contributed by atoms with E-state index in [1.807, 2.05) is 54.6 Å². The molecule has 0 aliphatic carbocycles. The quantitative estimate of drug-likeness (QED) is 0.554. The monoisotopic (exact) mass is 382 g/mol. The van der Waals surface area contributed by atoms with Gasteiger partial charge in [-0.25, -0.2) is 0 Å². The molecule has 5 heteroatoms. The average Bonchev–Trinajstić information content (AvgIpc) is 2.59. The fourth-order valence-corrected chi connectivity index (χ4v) is 4.97. The van der Waals surface area contributed by atoms with Gasteiger partial charge in [0, 0.05) is 24.7 Å². The van der Waals surface area contributed by atoms with Gasteiger partial charge in [0.1, 0.15) is 0 Å². The van der Waals surface area contributed by atoms with Crippen LogP contribution in [0.15, 0.2) is 60.8 Å². The summed E-state index contributed by atoms with van der Waals surface area (Å²) < 4.78 is 0. The highest BCUT2D eigenvalue weighted by Gasteiger charge is 2.28. The summed E-state index contributed by atoms with van der Waals surface area (Å²) in [5, 5.41) is 4.77. The largest absolute Gasteiger partial charge is 0.324 e. The minimum absolute atomic E-state index is 0.00663. The molecule has 0 aliphatic heterocycles. The van der Waals surface area contributed by atoms with Crippen LogP contribution in [0.4, 0.5) is 5.69 Å². The highest BCUT2D eigenvalue weighted by Crippen LogP contribution is 2.30. The van der Waals surface area contributed by atoms with E-state index in [0.29, 0.717) is 5.02 Å². The number of anilines is 1. The Morgan fingerprint density at radius 1 is 1.12 bits per heavy atom. The molecule has 0 spiro atoms. The zero-order valence-corrected chi connectivity index (χ0v) is 17.0. The summed E-state index contributed by atoms with van der Waals surface area (Å²) in [5.41, 5.74) is 2.52. The van der Waals surface area contributed by atoms with Gasteiger partial charge in [-0.15, -0.1) is 0 Å². The maximum atomic E-state index is 13.2. The molecule has 0 saturated carbocycles. The highest BCUT2D eigenvalue weighted by molar-refractivity contribution is 6.76. The van der Waals surface area contributed by atoms with Crippen molar-refractivity contribution >= 4 is 42.2 Å². The molecule has 1 N–H and O–H groups in total. The van der Waals surface area contributed by atoms with Crippen molar-refractivity contribution in [1.82, 2.24) is 4.98 Å². The molecule has 3 aromatic rings. The topological polar surface area (TPSA) is 42.0 Å². The smallest absolute Gasteiger partial charge is 0.231 e. The van der Waals surface area contributed by atoms with Gasteiger partial charge in [-0.3, -0.25) is 9.78 Å². The molecular formula is C21H23ClN2OSi. The molecule has 0 fully saturated rings. The number of rotatable bonds is 5. The van der Waals surface area contributed by atoms with Crippen LogP contribution < -0.4 is 5.32 Å². The van der Waals surface area contributed by atoms with E-state index >= 15 is 0 Å². The Bertz CT molecular complexity index is 931. The number of fused-ring (bicyclic) bond motifs is 1. The van der Waals surface area contributed by atoms with Crippen molar-refractivity contribution in [2.24, 2.45) is 0 Å². The number of pyridine rings is 1. The zero-order valence-electron chi connectivity index (χ0n) is 15.3. The summed E-state index contributed by atoms with van der Waals surface area (Å²) in [6.45, 7) is 6.83. The van der Waals surface area contributed by atoms with Gasteiger partial charge in [-0.1, -0.05) is 61.6 Å². The van der Waals surface area contributed by atoms with Crippen LogP contribution >= 0.6 is 11.6 Å². The minimum atomic E-state index is -1.47. The second-order valence-corrected chi connectivity index (χ2v) is 13.7. The second-order valence-electron chi connectivity index (χ2n) is 7.74. The summed E-state index contributed by atoms with van der Waals surface area (Å²) in [6, 6.07) is 18.2. The number of halogens is 1. The normalized spacial score (nSPS) is 12.8. The van der Waals surface area contributed by atoms with E-state index in [2.05, 4.69) is 29.9 Å². The minimum Gasteiger partial charge on any atom is -0.324 e. The van der Waals surface area contributed by atoms with Gasteiger partial charge in [0.2, 0.25) is 5.91 Å². The Labute approximate surface area is 160 Å². The van der Waals surface area contributed by atoms with Crippen molar-refractivity contribution in [1.29, 1.82) is 0 Å². The molecule has 3 nitrogen and oxygen atoms in total. The lowest BCUT2D eigenvalue weighted by Gasteiger charge is -2.24. The number of amides is 1. The van der Waals surface area contributed by atoms with Gasteiger partial charge in [0.25, 0.3) is 0 Å². The molecule has 0 bridgehead atoms. The number of carbonyl (C=O) groups excluding carboxylic acids is 1. The van der Waals surface area contributed by atoms with Crippen LogP contribution in [-0.4, -0.2) is 19.0 Å². The maximum Gasteiger partial charge on any atom is 0.231 e. The predicted molar refractivity (Wildman–Crippen MR) is 113 cm³/mol. The van der Waals surface area contributed by atoms with Gasteiger partial charge >= 0.3 is 0 Å². The molecule has 1 atom stereocenters. The average molecular weight is 383 g/mol. The molecule has 0 aliphatic rings. The van der Waals surface area contributed by atoms with Crippen LogP contribution in [-0.2, 0) is 4.79 Å². The van der Waals surface area contributed by atoms with Crippen molar-refractivity contribution in [3.05, 3.63) is 71.4 Å². The number of hydrogen-bond donors (Lipinski definition) is 1. The Hall–Kier alpha value is -2.17.